The van der Waals surface area contributed by atoms with Crippen molar-refractivity contribution >= 4 is 11.7 Å². The molecule has 1 unspecified atom stereocenters. The zero-order chi connectivity index (χ0) is 19.0. The maximum absolute atomic E-state index is 12.9. The second-order valence-corrected chi connectivity index (χ2v) is 6.91. The molecule has 0 bridgehead atoms. The van der Waals surface area contributed by atoms with Crippen LogP contribution in [0, 0.1) is 12.8 Å². The van der Waals surface area contributed by atoms with E-state index >= 15 is 0 Å². The number of amides is 1. The Morgan fingerprint density at radius 1 is 1.15 bits per heavy atom. The Kier molecular flexibility index (Phi) is 4.43. The number of hydrogen-bond acceptors (Lipinski definition) is 5. The smallest absolute Gasteiger partial charge is 0.260 e. The SMILES string of the molecule is Cc1ccc(C(=O)N2CCCC(C(=O)c3ccc4c(c3)OCO4)C2)c(=O)[nH]1. The number of ketones is 1. The third kappa shape index (κ3) is 3.32. The number of Topliss-reactive ketones (excluding diaryl/α,β-unsaturated/α-hetero) is 1. The monoisotopic (exact) mass is 368 g/mol. The van der Waals surface area contributed by atoms with Gasteiger partial charge in [0, 0.05) is 30.3 Å². The number of rotatable bonds is 3. The van der Waals surface area contributed by atoms with E-state index in [2.05, 4.69) is 4.98 Å². The van der Waals surface area contributed by atoms with Crippen LogP contribution in [0.25, 0.3) is 0 Å². The first-order valence-corrected chi connectivity index (χ1v) is 8.96. The van der Waals surface area contributed by atoms with Crippen LogP contribution in [0.2, 0.25) is 0 Å². The van der Waals surface area contributed by atoms with Crippen molar-refractivity contribution in [1.29, 1.82) is 0 Å². The Morgan fingerprint density at radius 3 is 2.78 bits per heavy atom. The Bertz CT molecular complexity index is 965. The van der Waals surface area contributed by atoms with Crippen molar-refractivity contribution < 1.29 is 19.1 Å². The number of pyridine rings is 1. The summed E-state index contributed by atoms with van der Waals surface area (Å²) >= 11 is 0. The Hall–Kier alpha value is -3.09. The highest BCUT2D eigenvalue weighted by Gasteiger charge is 2.31. The zero-order valence-corrected chi connectivity index (χ0v) is 15.0. The molecule has 2 aliphatic rings. The second-order valence-electron chi connectivity index (χ2n) is 6.91. The van der Waals surface area contributed by atoms with Gasteiger partial charge in [-0.25, -0.2) is 0 Å². The molecular weight excluding hydrogens is 348 g/mol. The number of aryl methyl sites for hydroxylation is 1. The number of aromatic nitrogens is 1. The molecule has 140 valence electrons. The van der Waals surface area contributed by atoms with Gasteiger partial charge in [-0.05, 0) is 50.1 Å². The van der Waals surface area contributed by atoms with Crippen LogP contribution in [0.5, 0.6) is 11.5 Å². The molecule has 0 saturated carbocycles. The van der Waals surface area contributed by atoms with Gasteiger partial charge >= 0.3 is 0 Å². The highest BCUT2D eigenvalue weighted by molar-refractivity contribution is 5.99. The fourth-order valence-corrected chi connectivity index (χ4v) is 3.57. The van der Waals surface area contributed by atoms with Crippen molar-refractivity contribution in [2.75, 3.05) is 19.9 Å². The lowest BCUT2D eigenvalue weighted by molar-refractivity contribution is 0.0635. The summed E-state index contributed by atoms with van der Waals surface area (Å²) in [7, 11) is 0. The molecule has 0 aliphatic carbocycles. The molecule has 1 N–H and O–H groups in total. The van der Waals surface area contributed by atoms with E-state index in [9.17, 15) is 14.4 Å². The maximum Gasteiger partial charge on any atom is 0.260 e. The van der Waals surface area contributed by atoms with Gasteiger partial charge in [-0.15, -0.1) is 0 Å². The normalized spacial score (nSPS) is 18.4. The second kappa shape index (κ2) is 6.90. The van der Waals surface area contributed by atoms with Gasteiger partial charge in [0.25, 0.3) is 11.5 Å². The Labute approximate surface area is 155 Å². The van der Waals surface area contributed by atoms with Crippen LogP contribution in [0.3, 0.4) is 0 Å². The number of fused-ring (bicyclic) bond motifs is 1. The quantitative estimate of drug-likeness (QED) is 0.839. The number of carbonyl (C=O) groups is 2. The summed E-state index contributed by atoms with van der Waals surface area (Å²) < 4.78 is 10.6. The van der Waals surface area contributed by atoms with Crippen molar-refractivity contribution in [3.05, 3.63) is 57.5 Å². The Balaban J connectivity index is 1.51. The van der Waals surface area contributed by atoms with Crippen LogP contribution in [-0.4, -0.2) is 41.5 Å². The molecule has 1 fully saturated rings. The van der Waals surface area contributed by atoms with Crippen molar-refractivity contribution in [2.24, 2.45) is 5.92 Å². The lowest BCUT2D eigenvalue weighted by Gasteiger charge is -2.32. The van der Waals surface area contributed by atoms with Crippen molar-refractivity contribution in [3.8, 4) is 11.5 Å². The summed E-state index contributed by atoms with van der Waals surface area (Å²) in [5.74, 6) is 0.539. The van der Waals surface area contributed by atoms with Gasteiger partial charge in [0.15, 0.2) is 17.3 Å². The molecule has 0 radical (unpaired) electrons. The summed E-state index contributed by atoms with van der Waals surface area (Å²) in [6.45, 7) is 2.76. The van der Waals surface area contributed by atoms with Gasteiger partial charge in [-0.2, -0.15) is 0 Å². The minimum atomic E-state index is -0.399. The van der Waals surface area contributed by atoms with Crippen molar-refractivity contribution in [3.63, 3.8) is 0 Å². The molecule has 1 aromatic carbocycles. The Morgan fingerprint density at radius 2 is 1.96 bits per heavy atom. The van der Waals surface area contributed by atoms with E-state index in [1.165, 1.54) is 0 Å². The maximum atomic E-state index is 12.9. The van der Waals surface area contributed by atoms with Crippen LogP contribution in [0.4, 0.5) is 0 Å². The van der Waals surface area contributed by atoms with Crippen LogP contribution >= 0.6 is 0 Å². The number of benzene rings is 1. The third-order valence-corrected chi connectivity index (χ3v) is 5.02. The standard InChI is InChI=1S/C20H20N2O5/c1-12-4-6-15(19(24)21-12)20(25)22-8-2-3-14(10-22)18(23)13-5-7-16-17(9-13)27-11-26-16/h4-7,9,14H,2-3,8,10-11H2,1H3,(H,21,24). The first-order valence-electron chi connectivity index (χ1n) is 8.96. The number of piperidine rings is 1. The molecule has 1 saturated heterocycles. The summed E-state index contributed by atoms with van der Waals surface area (Å²) in [6, 6.07) is 8.39. The number of nitrogens with zero attached hydrogens (tertiary/aromatic N) is 1. The number of hydrogen-bond donors (Lipinski definition) is 1. The molecule has 4 rings (SSSR count). The molecule has 3 heterocycles. The van der Waals surface area contributed by atoms with Crippen LogP contribution in [-0.2, 0) is 0 Å². The van der Waals surface area contributed by atoms with Gasteiger partial charge in [-0.1, -0.05) is 0 Å². The largest absolute Gasteiger partial charge is 0.454 e. The van der Waals surface area contributed by atoms with E-state index < -0.39 is 5.56 Å². The summed E-state index contributed by atoms with van der Waals surface area (Å²) in [5, 5.41) is 0. The molecule has 7 heteroatoms. The molecule has 1 amide bonds. The molecule has 2 aromatic rings. The minimum Gasteiger partial charge on any atom is -0.454 e. The van der Waals surface area contributed by atoms with E-state index in [1.54, 1.807) is 42.2 Å². The first kappa shape index (κ1) is 17.3. The van der Waals surface area contributed by atoms with E-state index in [4.69, 9.17) is 9.47 Å². The average Bonchev–Trinajstić information content (AvgIpc) is 3.15. The van der Waals surface area contributed by atoms with Gasteiger partial charge in [-0.3, -0.25) is 14.4 Å². The summed E-state index contributed by atoms with van der Waals surface area (Å²) in [5.41, 5.74) is 0.957. The molecule has 1 atom stereocenters. The van der Waals surface area contributed by atoms with Gasteiger partial charge in [0.05, 0.1) is 0 Å². The van der Waals surface area contributed by atoms with E-state index in [0.29, 0.717) is 42.3 Å². The number of carbonyl (C=O) groups excluding carboxylic acids is 2. The number of H-pyrrole nitrogens is 1. The molecule has 0 spiro atoms. The van der Waals surface area contributed by atoms with Crippen molar-refractivity contribution in [2.45, 2.75) is 19.8 Å². The molecule has 7 nitrogen and oxygen atoms in total. The highest BCUT2D eigenvalue weighted by Crippen LogP contribution is 2.34. The van der Waals surface area contributed by atoms with E-state index in [1.807, 2.05) is 0 Å². The molecule has 1 aromatic heterocycles. The molecule has 27 heavy (non-hydrogen) atoms. The first-order chi connectivity index (χ1) is 13.0. The molecular formula is C20H20N2O5. The van der Waals surface area contributed by atoms with Crippen LogP contribution in [0.1, 0.15) is 39.3 Å². The molecule has 2 aliphatic heterocycles. The van der Waals surface area contributed by atoms with Gasteiger partial charge in [0.1, 0.15) is 5.56 Å². The van der Waals surface area contributed by atoms with Crippen molar-refractivity contribution in [1.82, 2.24) is 9.88 Å². The lowest BCUT2D eigenvalue weighted by atomic mass is 9.89. The lowest BCUT2D eigenvalue weighted by Crippen LogP contribution is -2.43. The summed E-state index contributed by atoms with van der Waals surface area (Å²) in [6.07, 6.45) is 1.43. The fourth-order valence-electron chi connectivity index (χ4n) is 3.57. The minimum absolute atomic E-state index is 0.0244. The topological polar surface area (TPSA) is 88.7 Å². The van der Waals surface area contributed by atoms with E-state index in [0.717, 1.165) is 6.42 Å². The number of ether oxygens (including phenoxy) is 2. The van der Waals surface area contributed by atoms with Crippen LogP contribution in [0.15, 0.2) is 35.1 Å². The predicted molar refractivity (Wildman–Crippen MR) is 97.3 cm³/mol. The average molecular weight is 368 g/mol. The van der Waals surface area contributed by atoms with Crippen LogP contribution < -0.4 is 15.0 Å². The zero-order valence-electron chi connectivity index (χ0n) is 15.0. The van der Waals surface area contributed by atoms with Gasteiger partial charge < -0.3 is 19.4 Å². The van der Waals surface area contributed by atoms with Gasteiger partial charge in [0.2, 0.25) is 6.79 Å². The summed E-state index contributed by atoms with van der Waals surface area (Å²) in [4.78, 5) is 42.0. The number of likely N-dealkylation sites (tertiary alicyclic amines) is 1. The highest BCUT2D eigenvalue weighted by atomic mass is 16.7. The number of aromatic amines is 1. The fraction of sp³-hybridized carbons (Fsp3) is 0.350. The third-order valence-electron chi connectivity index (χ3n) is 5.02. The van der Waals surface area contributed by atoms with E-state index in [-0.39, 0.29) is 30.0 Å². The number of nitrogens with one attached hydrogen (secondary N) is 1. The predicted octanol–water partition coefficient (Wildman–Crippen LogP) is 2.15.